The highest BCUT2D eigenvalue weighted by Gasteiger charge is 2.18. The van der Waals surface area contributed by atoms with Gasteiger partial charge in [-0.25, -0.2) is 4.98 Å². The molecule has 4 rings (SSSR count). The summed E-state index contributed by atoms with van der Waals surface area (Å²) in [6.45, 7) is 0. The van der Waals surface area contributed by atoms with E-state index >= 15 is 0 Å². The van der Waals surface area contributed by atoms with E-state index in [1.54, 1.807) is 11.3 Å². The van der Waals surface area contributed by atoms with Crippen LogP contribution in [-0.2, 0) is 0 Å². The zero-order valence-corrected chi connectivity index (χ0v) is 13.6. The van der Waals surface area contributed by atoms with Gasteiger partial charge in [-0.1, -0.05) is 48.5 Å². The molecule has 0 bridgehead atoms. The number of Topliss-reactive ketones (excluding diaryl/α,β-unsaturated/α-hetero) is 1. The van der Waals surface area contributed by atoms with Gasteiger partial charge in [0.2, 0.25) is 0 Å². The number of para-hydroxylation sites is 2. The number of fused-ring (bicyclic) bond motifs is 1. The Morgan fingerprint density at radius 2 is 1.75 bits per heavy atom. The predicted octanol–water partition coefficient (Wildman–Crippen LogP) is 5.05. The van der Waals surface area contributed by atoms with Gasteiger partial charge >= 0.3 is 0 Å². The van der Waals surface area contributed by atoms with Gasteiger partial charge < -0.3 is 4.98 Å². The molecule has 0 atom stereocenters. The summed E-state index contributed by atoms with van der Waals surface area (Å²) in [4.78, 5) is 21.9. The van der Waals surface area contributed by atoms with E-state index in [-0.39, 0.29) is 5.78 Å². The van der Waals surface area contributed by atoms with Crippen LogP contribution in [0.25, 0.3) is 22.7 Å². The minimum Gasteiger partial charge on any atom is -0.338 e. The van der Waals surface area contributed by atoms with E-state index in [0.29, 0.717) is 17.0 Å². The molecule has 1 N–H and O–H groups in total. The fraction of sp³-hybridized carbons (Fsp3) is 0. The summed E-state index contributed by atoms with van der Waals surface area (Å²) in [5, 5.41) is 2.00. The van der Waals surface area contributed by atoms with Crippen LogP contribution in [0.3, 0.4) is 0 Å². The number of hydrogen-bond acceptors (Lipinski definition) is 3. The second kappa shape index (κ2) is 6.26. The molecule has 24 heavy (non-hydrogen) atoms. The Hall–Kier alpha value is -2.98. The highest BCUT2D eigenvalue weighted by molar-refractivity contribution is 7.11. The number of rotatable bonds is 4. The first kappa shape index (κ1) is 14.6. The van der Waals surface area contributed by atoms with Gasteiger partial charge in [0, 0.05) is 10.4 Å². The molecule has 0 unspecified atom stereocenters. The first-order valence-corrected chi connectivity index (χ1v) is 8.49. The molecule has 0 amide bonds. The standard InChI is InChI=1S/C20H14N2OS/c23-19(14-7-2-1-3-8-14)16(13-15-9-6-12-24-15)20-21-17-10-4-5-11-18(17)22-20/h1-13H,(H,21,22)/b16-13+. The Morgan fingerprint density at radius 1 is 0.958 bits per heavy atom. The van der Waals surface area contributed by atoms with Crippen LogP contribution in [0.15, 0.2) is 72.1 Å². The average Bonchev–Trinajstić information content (AvgIpc) is 3.29. The number of nitrogens with one attached hydrogen (secondary N) is 1. The third-order valence-corrected chi connectivity index (χ3v) is 4.57. The summed E-state index contributed by atoms with van der Waals surface area (Å²) in [6, 6.07) is 21.0. The van der Waals surface area contributed by atoms with E-state index < -0.39 is 0 Å². The number of benzene rings is 2. The van der Waals surface area contributed by atoms with Gasteiger partial charge in [0.15, 0.2) is 5.78 Å². The molecule has 0 fully saturated rings. The van der Waals surface area contributed by atoms with Crippen LogP contribution in [0.2, 0.25) is 0 Å². The molecule has 0 aliphatic carbocycles. The molecular formula is C20H14N2OS. The van der Waals surface area contributed by atoms with Crippen molar-refractivity contribution in [2.75, 3.05) is 0 Å². The van der Waals surface area contributed by atoms with Crippen molar-refractivity contribution in [3.63, 3.8) is 0 Å². The summed E-state index contributed by atoms with van der Waals surface area (Å²) in [5.74, 6) is 0.557. The van der Waals surface area contributed by atoms with Gasteiger partial charge in [0.25, 0.3) is 0 Å². The maximum Gasteiger partial charge on any atom is 0.196 e. The number of ketones is 1. The molecule has 0 spiro atoms. The Balaban J connectivity index is 1.86. The minimum atomic E-state index is -0.0388. The maximum absolute atomic E-state index is 13.0. The fourth-order valence-corrected chi connectivity index (χ4v) is 3.24. The van der Waals surface area contributed by atoms with Crippen molar-refractivity contribution in [1.82, 2.24) is 9.97 Å². The molecule has 3 nitrogen and oxygen atoms in total. The quantitative estimate of drug-likeness (QED) is 0.420. The summed E-state index contributed by atoms with van der Waals surface area (Å²) >= 11 is 1.60. The van der Waals surface area contributed by atoms with Crippen molar-refractivity contribution in [2.45, 2.75) is 0 Å². The number of hydrogen-bond donors (Lipinski definition) is 1. The lowest BCUT2D eigenvalue weighted by Crippen LogP contribution is -2.04. The Morgan fingerprint density at radius 3 is 2.50 bits per heavy atom. The second-order valence-electron chi connectivity index (χ2n) is 5.37. The predicted molar refractivity (Wildman–Crippen MR) is 99.1 cm³/mol. The first-order valence-electron chi connectivity index (χ1n) is 7.61. The monoisotopic (exact) mass is 330 g/mol. The highest BCUT2D eigenvalue weighted by Crippen LogP contribution is 2.25. The van der Waals surface area contributed by atoms with Crippen LogP contribution in [0.4, 0.5) is 0 Å². The van der Waals surface area contributed by atoms with Gasteiger partial charge in [-0.05, 0) is 29.7 Å². The van der Waals surface area contributed by atoms with Gasteiger partial charge in [0.05, 0.1) is 16.6 Å². The Bertz CT molecular complexity index is 981. The van der Waals surface area contributed by atoms with E-state index in [1.165, 1.54) is 0 Å². The number of nitrogens with zero attached hydrogens (tertiary/aromatic N) is 1. The molecule has 2 aromatic carbocycles. The lowest BCUT2D eigenvalue weighted by atomic mass is 10.0. The minimum absolute atomic E-state index is 0.0388. The van der Waals surface area contributed by atoms with Crippen LogP contribution in [0.5, 0.6) is 0 Å². The van der Waals surface area contributed by atoms with E-state index in [2.05, 4.69) is 9.97 Å². The van der Waals surface area contributed by atoms with Crippen LogP contribution in [-0.4, -0.2) is 15.8 Å². The first-order chi connectivity index (χ1) is 11.8. The maximum atomic E-state index is 13.0. The van der Waals surface area contributed by atoms with Crippen molar-refractivity contribution >= 4 is 39.8 Å². The third kappa shape index (κ3) is 2.79. The zero-order chi connectivity index (χ0) is 16.4. The summed E-state index contributed by atoms with van der Waals surface area (Å²) in [5.41, 5.74) is 3.00. The van der Waals surface area contributed by atoms with Crippen molar-refractivity contribution < 1.29 is 4.79 Å². The highest BCUT2D eigenvalue weighted by atomic mass is 32.1. The van der Waals surface area contributed by atoms with Crippen molar-refractivity contribution in [3.05, 3.63) is 88.4 Å². The van der Waals surface area contributed by atoms with Crippen molar-refractivity contribution in [2.24, 2.45) is 0 Å². The van der Waals surface area contributed by atoms with E-state index in [9.17, 15) is 4.79 Å². The lowest BCUT2D eigenvalue weighted by molar-refractivity contribution is 0.105. The molecule has 0 radical (unpaired) electrons. The van der Waals surface area contributed by atoms with Gasteiger partial charge in [-0.15, -0.1) is 11.3 Å². The SMILES string of the molecule is O=C(/C(=C\c1cccs1)c1nc2ccccc2[nH]1)c1ccccc1. The van der Waals surface area contributed by atoms with Crippen molar-refractivity contribution in [3.8, 4) is 0 Å². The second-order valence-corrected chi connectivity index (χ2v) is 6.35. The largest absolute Gasteiger partial charge is 0.338 e. The number of carbonyl (C=O) groups excluding carboxylic acids is 1. The lowest BCUT2D eigenvalue weighted by Gasteiger charge is -2.04. The van der Waals surface area contributed by atoms with Crippen LogP contribution < -0.4 is 0 Å². The van der Waals surface area contributed by atoms with Crippen LogP contribution in [0.1, 0.15) is 21.1 Å². The van der Waals surface area contributed by atoms with Gasteiger partial charge in [0.1, 0.15) is 5.82 Å². The number of aromatic nitrogens is 2. The number of thiophene rings is 1. The fourth-order valence-electron chi connectivity index (χ4n) is 2.58. The van der Waals surface area contributed by atoms with E-state index in [1.807, 2.05) is 78.2 Å². The molecule has 0 aliphatic rings. The average molecular weight is 330 g/mol. The molecule has 0 saturated carbocycles. The number of imidazole rings is 1. The summed E-state index contributed by atoms with van der Waals surface area (Å²) in [7, 11) is 0. The topological polar surface area (TPSA) is 45.8 Å². The normalized spacial score (nSPS) is 11.8. The molecule has 2 heterocycles. The number of allylic oxidation sites excluding steroid dienone is 1. The number of H-pyrrole nitrogens is 1. The molecule has 4 heteroatoms. The van der Waals surface area contributed by atoms with E-state index in [0.717, 1.165) is 15.9 Å². The van der Waals surface area contributed by atoms with Crippen LogP contribution in [0, 0.1) is 0 Å². The van der Waals surface area contributed by atoms with Gasteiger partial charge in [-0.2, -0.15) is 0 Å². The Kier molecular flexibility index (Phi) is 3.81. The third-order valence-electron chi connectivity index (χ3n) is 3.75. The molecule has 0 saturated heterocycles. The van der Waals surface area contributed by atoms with E-state index in [4.69, 9.17) is 0 Å². The molecule has 4 aromatic rings. The summed E-state index contributed by atoms with van der Waals surface area (Å²) < 4.78 is 0. The van der Waals surface area contributed by atoms with Crippen molar-refractivity contribution in [1.29, 1.82) is 0 Å². The number of aromatic amines is 1. The zero-order valence-electron chi connectivity index (χ0n) is 12.8. The van der Waals surface area contributed by atoms with Gasteiger partial charge in [-0.3, -0.25) is 4.79 Å². The number of carbonyl (C=O) groups is 1. The van der Waals surface area contributed by atoms with Crippen LogP contribution >= 0.6 is 11.3 Å². The Labute approximate surface area is 143 Å². The molecule has 2 aromatic heterocycles. The summed E-state index contributed by atoms with van der Waals surface area (Å²) in [6.07, 6.45) is 1.90. The smallest absolute Gasteiger partial charge is 0.196 e. The molecule has 116 valence electrons. The molecular weight excluding hydrogens is 316 g/mol. The molecule has 0 aliphatic heterocycles.